The molecule has 0 aromatic carbocycles. The van der Waals surface area contributed by atoms with Crippen LogP contribution >= 0.6 is 22.9 Å². The van der Waals surface area contributed by atoms with Gasteiger partial charge >= 0.3 is 0 Å². The van der Waals surface area contributed by atoms with Crippen LogP contribution in [0.15, 0.2) is 22.7 Å². The number of hydrogen-bond donors (Lipinski definition) is 2. The van der Waals surface area contributed by atoms with Crippen LogP contribution in [0.4, 0.5) is 0 Å². The number of thiophene rings is 1. The van der Waals surface area contributed by atoms with Crippen LogP contribution in [0.3, 0.4) is 0 Å². The number of aromatic nitrogens is 1. The lowest BCUT2D eigenvalue weighted by Gasteiger charge is -2.03. The maximum absolute atomic E-state index is 11.8. The first-order valence-electron chi connectivity index (χ1n) is 5.96. The molecule has 0 radical (unpaired) electrons. The smallest absolute Gasteiger partial charge is 0.291 e. The Balaban J connectivity index is 1.63. The summed E-state index contributed by atoms with van der Waals surface area (Å²) in [5.74, 6) is -0.208. The van der Waals surface area contributed by atoms with Crippen LogP contribution in [0.1, 0.15) is 23.3 Å². The number of halogens is 1. The van der Waals surface area contributed by atoms with Gasteiger partial charge in [-0.15, -0.1) is 11.3 Å². The average Bonchev–Trinajstić information content (AvgIpc) is 3.01. The quantitative estimate of drug-likeness (QED) is 0.851. The largest absolute Gasteiger partial charge is 0.355 e. The lowest BCUT2D eigenvalue weighted by Crippen LogP contribution is -2.42. The fourth-order valence-corrected chi connectivity index (χ4v) is 2.57. The topological polar surface area (TPSA) is 84.2 Å². The molecule has 0 atom stereocenters. The third-order valence-electron chi connectivity index (χ3n) is 2.81. The predicted molar refractivity (Wildman–Crippen MR) is 73.2 cm³/mol. The minimum atomic E-state index is -0.517. The molecular formula is C12H10ClN3O3S. The third kappa shape index (κ3) is 2.83. The minimum absolute atomic E-state index is 0.0245. The van der Waals surface area contributed by atoms with Gasteiger partial charge in [0.15, 0.2) is 11.5 Å². The van der Waals surface area contributed by atoms with E-state index in [1.54, 1.807) is 12.1 Å². The van der Waals surface area contributed by atoms with Crippen LogP contribution < -0.4 is 10.9 Å². The van der Waals surface area contributed by atoms with Gasteiger partial charge in [0.05, 0.1) is 9.21 Å². The summed E-state index contributed by atoms with van der Waals surface area (Å²) in [5, 5.41) is 3.67. The van der Waals surface area contributed by atoms with Gasteiger partial charge in [0.2, 0.25) is 5.91 Å². The lowest BCUT2D eigenvalue weighted by atomic mass is 10.3. The third-order valence-corrected chi connectivity index (χ3v) is 4.05. The molecule has 2 aromatic heterocycles. The molecule has 1 aliphatic carbocycles. The standard InChI is InChI=1S/C12H10ClN3O3S/c13-10-4-3-9(20-10)8-5-7(16-19-8)12(18)15-14-11(17)6-1-2-6/h3-6H,1-2H2,(H,14,17)(H,15,18). The molecule has 1 fully saturated rings. The summed E-state index contributed by atoms with van der Waals surface area (Å²) in [6.45, 7) is 0. The maximum Gasteiger partial charge on any atom is 0.291 e. The van der Waals surface area contributed by atoms with Gasteiger partial charge in [-0.05, 0) is 25.0 Å². The second-order valence-corrected chi connectivity index (χ2v) is 6.11. The first-order chi connectivity index (χ1) is 9.63. The normalized spacial score (nSPS) is 14.1. The molecule has 0 bridgehead atoms. The SMILES string of the molecule is O=C(NNC(=O)C1CC1)c1cc(-c2ccc(Cl)s2)on1. The Kier molecular flexibility index (Phi) is 3.45. The van der Waals surface area contributed by atoms with E-state index in [0.717, 1.165) is 17.7 Å². The van der Waals surface area contributed by atoms with Gasteiger partial charge in [0, 0.05) is 12.0 Å². The van der Waals surface area contributed by atoms with Gasteiger partial charge in [-0.3, -0.25) is 20.4 Å². The molecule has 2 N–H and O–H groups in total. The predicted octanol–water partition coefficient (Wildman–Crippen LogP) is 2.23. The molecule has 0 unspecified atom stereocenters. The van der Waals surface area contributed by atoms with Crippen LogP contribution in [0, 0.1) is 5.92 Å². The molecule has 1 aliphatic rings. The van der Waals surface area contributed by atoms with E-state index in [1.165, 1.54) is 17.4 Å². The van der Waals surface area contributed by atoms with E-state index in [0.29, 0.717) is 10.1 Å². The highest BCUT2D eigenvalue weighted by Crippen LogP contribution is 2.31. The molecule has 3 rings (SSSR count). The molecule has 2 aromatic rings. The first kappa shape index (κ1) is 13.1. The Bertz CT molecular complexity index is 662. The molecule has 104 valence electrons. The Hall–Kier alpha value is -1.86. The van der Waals surface area contributed by atoms with Gasteiger partial charge < -0.3 is 4.52 Å². The highest BCUT2D eigenvalue weighted by molar-refractivity contribution is 7.19. The van der Waals surface area contributed by atoms with Crippen molar-refractivity contribution in [2.24, 2.45) is 5.92 Å². The van der Waals surface area contributed by atoms with Crippen molar-refractivity contribution in [2.75, 3.05) is 0 Å². The van der Waals surface area contributed by atoms with Crippen molar-refractivity contribution in [1.82, 2.24) is 16.0 Å². The molecule has 0 aliphatic heterocycles. The fourth-order valence-electron chi connectivity index (χ4n) is 1.58. The van der Waals surface area contributed by atoms with E-state index in [2.05, 4.69) is 16.0 Å². The molecule has 1 saturated carbocycles. The Labute approximate surface area is 123 Å². The fraction of sp³-hybridized carbons (Fsp3) is 0.250. The van der Waals surface area contributed by atoms with Gasteiger partial charge in [0.1, 0.15) is 0 Å². The lowest BCUT2D eigenvalue weighted by molar-refractivity contribution is -0.123. The summed E-state index contributed by atoms with van der Waals surface area (Å²) in [6, 6.07) is 5.02. The maximum atomic E-state index is 11.8. The van der Waals surface area contributed by atoms with Crippen molar-refractivity contribution in [3.8, 4) is 10.6 Å². The molecule has 6 nitrogen and oxygen atoms in total. The minimum Gasteiger partial charge on any atom is -0.355 e. The van der Waals surface area contributed by atoms with Crippen molar-refractivity contribution in [2.45, 2.75) is 12.8 Å². The second kappa shape index (κ2) is 5.26. The van der Waals surface area contributed by atoms with Crippen molar-refractivity contribution >= 4 is 34.8 Å². The number of hydrazine groups is 1. The van der Waals surface area contributed by atoms with Crippen molar-refractivity contribution in [3.63, 3.8) is 0 Å². The van der Waals surface area contributed by atoms with Gasteiger partial charge in [-0.25, -0.2) is 0 Å². The zero-order valence-electron chi connectivity index (χ0n) is 10.2. The molecular weight excluding hydrogens is 302 g/mol. The number of amides is 2. The average molecular weight is 312 g/mol. The molecule has 20 heavy (non-hydrogen) atoms. The molecule has 8 heteroatoms. The van der Waals surface area contributed by atoms with Crippen LogP contribution in [0.25, 0.3) is 10.6 Å². The second-order valence-electron chi connectivity index (χ2n) is 4.40. The van der Waals surface area contributed by atoms with Crippen LogP contribution in [-0.2, 0) is 4.79 Å². The highest BCUT2D eigenvalue weighted by atomic mass is 35.5. The monoisotopic (exact) mass is 311 g/mol. The van der Waals surface area contributed by atoms with E-state index >= 15 is 0 Å². The molecule has 0 saturated heterocycles. The van der Waals surface area contributed by atoms with Crippen LogP contribution in [0.2, 0.25) is 4.34 Å². The van der Waals surface area contributed by atoms with Crippen molar-refractivity contribution in [1.29, 1.82) is 0 Å². The number of carbonyl (C=O) groups is 2. The number of nitrogens with zero attached hydrogens (tertiary/aromatic N) is 1. The molecule has 2 amide bonds. The van der Waals surface area contributed by atoms with Crippen molar-refractivity contribution < 1.29 is 14.1 Å². The first-order valence-corrected chi connectivity index (χ1v) is 7.15. The number of carbonyl (C=O) groups excluding carboxylic acids is 2. The highest BCUT2D eigenvalue weighted by Gasteiger charge is 2.30. The Morgan fingerprint density at radius 1 is 1.35 bits per heavy atom. The number of rotatable bonds is 3. The van der Waals surface area contributed by atoms with Gasteiger partial charge in [-0.2, -0.15) is 0 Å². The summed E-state index contributed by atoms with van der Waals surface area (Å²) in [5.41, 5.74) is 4.76. The summed E-state index contributed by atoms with van der Waals surface area (Å²) >= 11 is 7.16. The van der Waals surface area contributed by atoms with Crippen LogP contribution in [0.5, 0.6) is 0 Å². The zero-order chi connectivity index (χ0) is 14.1. The van der Waals surface area contributed by atoms with E-state index in [-0.39, 0.29) is 17.5 Å². The summed E-state index contributed by atoms with van der Waals surface area (Å²) < 4.78 is 5.70. The van der Waals surface area contributed by atoms with Gasteiger partial charge in [0.25, 0.3) is 5.91 Å². The number of nitrogens with one attached hydrogen (secondary N) is 2. The van der Waals surface area contributed by atoms with Gasteiger partial charge in [-0.1, -0.05) is 16.8 Å². The van der Waals surface area contributed by atoms with E-state index in [4.69, 9.17) is 16.1 Å². The van der Waals surface area contributed by atoms with Crippen LogP contribution in [-0.4, -0.2) is 17.0 Å². The zero-order valence-corrected chi connectivity index (χ0v) is 11.8. The summed E-state index contributed by atoms with van der Waals surface area (Å²) in [7, 11) is 0. The van der Waals surface area contributed by atoms with E-state index in [1.807, 2.05) is 0 Å². The Morgan fingerprint density at radius 2 is 2.15 bits per heavy atom. The molecule has 0 spiro atoms. The summed E-state index contributed by atoms with van der Waals surface area (Å²) in [4.78, 5) is 23.9. The number of hydrogen-bond acceptors (Lipinski definition) is 5. The Morgan fingerprint density at radius 3 is 2.80 bits per heavy atom. The van der Waals surface area contributed by atoms with E-state index < -0.39 is 5.91 Å². The summed E-state index contributed by atoms with van der Waals surface area (Å²) in [6.07, 6.45) is 1.74. The van der Waals surface area contributed by atoms with Crippen molar-refractivity contribution in [3.05, 3.63) is 28.2 Å². The van der Waals surface area contributed by atoms with E-state index in [9.17, 15) is 9.59 Å². The molecule has 2 heterocycles.